The molecule has 0 aliphatic rings. The number of nitrogens with zero attached hydrogens (tertiary/aromatic N) is 5. The number of anilines is 1. The molecule has 1 aromatic carbocycles. The van der Waals surface area contributed by atoms with Gasteiger partial charge in [0.05, 0.1) is 11.3 Å². The maximum Gasteiger partial charge on any atom is 0.266 e. The molecule has 30 heavy (non-hydrogen) atoms. The summed E-state index contributed by atoms with van der Waals surface area (Å²) in [5, 5.41) is 14.8. The number of benzene rings is 1. The Labute approximate surface area is 177 Å². The number of carbonyl (C=O) groups excluding carboxylic acids is 1. The Bertz CT molecular complexity index is 1270. The number of H-pyrrole nitrogens is 1. The first kappa shape index (κ1) is 20.2. The number of fused-ring (bicyclic) bond motifs is 1. The quantitative estimate of drug-likeness (QED) is 0.420. The van der Waals surface area contributed by atoms with Crippen LogP contribution in [-0.2, 0) is 11.2 Å². The summed E-state index contributed by atoms with van der Waals surface area (Å²) in [4.78, 5) is 32.7. The number of aromatic nitrogens is 6. The standard InChI is InChI=1S/C18H16FN7O2S2/c1-2-5-15-23-24-17(30-15)21-14(28)9-29-18-22-16(10-6-3-4-7-11(10)19)20-12-8-13(27)25-26(12)18/h3-4,6-8H,2,5,9H2,1H3,(H,25,27)(H,21,24,28). The summed E-state index contributed by atoms with van der Waals surface area (Å²) in [7, 11) is 0. The summed E-state index contributed by atoms with van der Waals surface area (Å²) in [5.41, 5.74) is 0.111. The van der Waals surface area contributed by atoms with Crippen LogP contribution in [0.1, 0.15) is 18.4 Å². The van der Waals surface area contributed by atoms with Gasteiger partial charge in [-0.2, -0.15) is 0 Å². The van der Waals surface area contributed by atoms with Crippen molar-refractivity contribution in [2.24, 2.45) is 0 Å². The lowest BCUT2D eigenvalue weighted by atomic mass is 10.2. The van der Waals surface area contributed by atoms with Gasteiger partial charge in [-0.25, -0.2) is 18.9 Å². The van der Waals surface area contributed by atoms with Crippen molar-refractivity contribution < 1.29 is 9.18 Å². The van der Waals surface area contributed by atoms with Crippen molar-refractivity contribution in [3.05, 3.63) is 51.5 Å². The van der Waals surface area contributed by atoms with Gasteiger partial charge in [0.2, 0.25) is 11.0 Å². The number of rotatable bonds is 7. The van der Waals surface area contributed by atoms with Crippen molar-refractivity contribution in [1.29, 1.82) is 0 Å². The fourth-order valence-electron chi connectivity index (χ4n) is 2.65. The average Bonchev–Trinajstić information content (AvgIpc) is 3.32. The molecule has 12 heteroatoms. The smallest absolute Gasteiger partial charge is 0.266 e. The summed E-state index contributed by atoms with van der Waals surface area (Å²) in [5.74, 6) is -0.644. The second-order valence-corrected chi connectivity index (χ2v) is 8.22. The lowest BCUT2D eigenvalue weighted by molar-refractivity contribution is -0.113. The van der Waals surface area contributed by atoms with Crippen molar-refractivity contribution in [2.75, 3.05) is 11.1 Å². The third-order valence-corrected chi connectivity index (χ3v) is 5.79. The molecule has 4 aromatic rings. The van der Waals surface area contributed by atoms with Gasteiger partial charge in [0, 0.05) is 12.5 Å². The largest absolute Gasteiger partial charge is 0.300 e. The van der Waals surface area contributed by atoms with E-state index in [-0.39, 0.29) is 34.3 Å². The predicted octanol–water partition coefficient (Wildman–Crippen LogP) is 2.76. The number of carbonyl (C=O) groups is 1. The Morgan fingerprint density at radius 2 is 2.13 bits per heavy atom. The monoisotopic (exact) mass is 445 g/mol. The molecule has 3 aromatic heterocycles. The molecule has 4 rings (SSSR count). The van der Waals surface area contributed by atoms with Crippen molar-refractivity contribution >= 4 is 39.8 Å². The lowest BCUT2D eigenvalue weighted by Gasteiger charge is -2.07. The molecule has 0 fully saturated rings. The molecule has 0 aliphatic carbocycles. The molecule has 0 unspecified atom stereocenters. The average molecular weight is 446 g/mol. The summed E-state index contributed by atoms with van der Waals surface area (Å²) in [6.45, 7) is 2.04. The highest BCUT2D eigenvalue weighted by Crippen LogP contribution is 2.24. The van der Waals surface area contributed by atoms with Crippen molar-refractivity contribution in [2.45, 2.75) is 24.9 Å². The van der Waals surface area contributed by atoms with Gasteiger partial charge in [-0.1, -0.05) is 42.2 Å². The van der Waals surface area contributed by atoms with Gasteiger partial charge in [0.15, 0.2) is 16.6 Å². The van der Waals surface area contributed by atoms with Crippen LogP contribution in [0.2, 0.25) is 0 Å². The molecule has 0 saturated heterocycles. The van der Waals surface area contributed by atoms with Gasteiger partial charge in [-0.3, -0.25) is 20.0 Å². The zero-order valence-electron chi connectivity index (χ0n) is 15.8. The van der Waals surface area contributed by atoms with E-state index in [2.05, 4.69) is 30.6 Å². The van der Waals surface area contributed by atoms with E-state index in [0.29, 0.717) is 10.3 Å². The highest BCUT2D eigenvalue weighted by atomic mass is 32.2. The van der Waals surface area contributed by atoms with Crippen molar-refractivity contribution in [1.82, 2.24) is 29.8 Å². The molecule has 0 aliphatic heterocycles. The van der Waals surface area contributed by atoms with E-state index in [0.717, 1.165) is 29.6 Å². The van der Waals surface area contributed by atoms with Gasteiger partial charge in [-0.15, -0.1) is 10.2 Å². The van der Waals surface area contributed by atoms with E-state index >= 15 is 0 Å². The van der Waals surface area contributed by atoms with E-state index in [1.54, 1.807) is 18.2 Å². The van der Waals surface area contributed by atoms with Gasteiger partial charge in [0.1, 0.15) is 10.8 Å². The maximum absolute atomic E-state index is 14.2. The number of halogens is 1. The number of hydrogen-bond acceptors (Lipinski definition) is 8. The minimum Gasteiger partial charge on any atom is -0.300 e. The number of amides is 1. The molecule has 3 heterocycles. The molecular weight excluding hydrogens is 429 g/mol. The highest BCUT2D eigenvalue weighted by Gasteiger charge is 2.16. The van der Waals surface area contributed by atoms with E-state index in [1.807, 2.05) is 6.92 Å². The van der Waals surface area contributed by atoms with Crippen LogP contribution in [0.5, 0.6) is 0 Å². The molecule has 1 amide bonds. The SMILES string of the molecule is CCCc1nnc(NC(=O)CSc2nc(-c3ccccc3F)nc3cc(=O)[nH]n23)s1. The summed E-state index contributed by atoms with van der Waals surface area (Å²) in [6.07, 6.45) is 1.75. The predicted molar refractivity (Wildman–Crippen MR) is 112 cm³/mol. The van der Waals surface area contributed by atoms with Crippen LogP contribution in [0.3, 0.4) is 0 Å². The summed E-state index contributed by atoms with van der Waals surface area (Å²) >= 11 is 2.42. The number of hydrogen-bond donors (Lipinski definition) is 2. The minimum absolute atomic E-state index is 0.00568. The normalized spacial score (nSPS) is 11.1. The minimum atomic E-state index is -0.479. The number of thioether (sulfide) groups is 1. The van der Waals surface area contributed by atoms with Crippen LogP contribution in [0.4, 0.5) is 9.52 Å². The van der Waals surface area contributed by atoms with Crippen LogP contribution < -0.4 is 10.9 Å². The molecule has 0 bridgehead atoms. The lowest BCUT2D eigenvalue weighted by Crippen LogP contribution is -2.15. The van der Waals surface area contributed by atoms with Crippen LogP contribution in [0.15, 0.2) is 40.3 Å². The van der Waals surface area contributed by atoms with Gasteiger partial charge >= 0.3 is 0 Å². The fourth-order valence-corrected chi connectivity index (χ4v) is 4.26. The first-order chi connectivity index (χ1) is 14.5. The Morgan fingerprint density at radius 3 is 2.93 bits per heavy atom. The zero-order valence-corrected chi connectivity index (χ0v) is 17.4. The molecule has 154 valence electrons. The number of aryl methyl sites for hydroxylation is 1. The van der Waals surface area contributed by atoms with Crippen LogP contribution >= 0.6 is 23.1 Å². The Kier molecular flexibility index (Phi) is 5.86. The van der Waals surface area contributed by atoms with Crippen molar-refractivity contribution in [3.8, 4) is 11.4 Å². The third kappa shape index (κ3) is 4.39. The van der Waals surface area contributed by atoms with Gasteiger partial charge < -0.3 is 0 Å². The Morgan fingerprint density at radius 1 is 1.30 bits per heavy atom. The summed E-state index contributed by atoms with van der Waals surface area (Å²) in [6, 6.07) is 7.38. The first-order valence-electron chi connectivity index (χ1n) is 9.03. The van der Waals surface area contributed by atoms with Crippen LogP contribution in [-0.4, -0.2) is 41.4 Å². The molecule has 0 spiro atoms. The van der Waals surface area contributed by atoms with Crippen LogP contribution in [0, 0.1) is 5.82 Å². The maximum atomic E-state index is 14.2. The molecule has 0 radical (unpaired) electrons. The molecule has 0 atom stereocenters. The third-order valence-electron chi connectivity index (χ3n) is 3.95. The van der Waals surface area contributed by atoms with Crippen molar-refractivity contribution in [3.63, 3.8) is 0 Å². The van der Waals surface area contributed by atoms with Crippen LogP contribution in [0.25, 0.3) is 17.0 Å². The fraction of sp³-hybridized carbons (Fsp3) is 0.222. The topological polar surface area (TPSA) is 118 Å². The molecular formula is C18H16FN7O2S2. The van der Waals surface area contributed by atoms with E-state index in [9.17, 15) is 14.0 Å². The van der Waals surface area contributed by atoms with Gasteiger partial charge in [-0.05, 0) is 18.6 Å². The Balaban J connectivity index is 1.56. The molecule has 2 N–H and O–H groups in total. The van der Waals surface area contributed by atoms with E-state index < -0.39 is 5.82 Å². The second-order valence-electron chi connectivity index (χ2n) is 6.21. The molecule has 9 nitrogen and oxygen atoms in total. The first-order valence-corrected chi connectivity index (χ1v) is 10.8. The Hall–Kier alpha value is -3.12. The van der Waals surface area contributed by atoms with E-state index in [4.69, 9.17) is 0 Å². The second kappa shape index (κ2) is 8.71. The van der Waals surface area contributed by atoms with E-state index in [1.165, 1.54) is 28.0 Å². The summed E-state index contributed by atoms with van der Waals surface area (Å²) < 4.78 is 15.6. The number of aromatic amines is 1. The molecule has 0 saturated carbocycles. The zero-order chi connectivity index (χ0) is 21.1. The number of nitrogens with one attached hydrogen (secondary N) is 2. The van der Waals surface area contributed by atoms with Gasteiger partial charge in [0.25, 0.3) is 5.56 Å². The highest BCUT2D eigenvalue weighted by molar-refractivity contribution is 7.99.